The van der Waals surface area contributed by atoms with Gasteiger partial charge in [0.05, 0.1) is 16.1 Å². The first-order chi connectivity index (χ1) is 16.3. The summed E-state index contributed by atoms with van der Waals surface area (Å²) >= 11 is 0. The number of carbonyl (C=O) groups excluding carboxylic acids is 2. The van der Waals surface area contributed by atoms with Gasteiger partial charge < -0.3 is 9.64 Å². The summed E-state index contributed by atoms with van der Waals surface area (Å²) < 4.78 is 32.6. The molecular weight excluding hydrogens is 452 g/mol. The van der Waals surface area contributed by atoms with E-state index in [1.807, 2.05) is 43.3 Å². The molecule has 176 valence electrons. The van der Waals surface area contributed by atoms with Gasteiger partial charge in [-0.05, 0) is 61.7 Å². The molecule has 1 aliphatic rings. The van der Waals surface area contributed by atoms with E-state index in [0.717, 1.165) is 34.0 Å². The third-order valence-electron chi connectivity index (χ3n) is 5.86. The zero-order valence-electron chi connectivity index (χ0n) is 19.1. The van der Waals surface area contributed by atoms with E-state index in [1.165, 1.54) is 31.3 Å². The quantitative estimate of drug-likeness (QED) is 0.501. The van der Waals surface area contributed by atoms with Crippen LogP contribution < -0.4 is 9.21 Å². The van der Waals surface area contributed by atoms with Gasteiger partial charge in [0.2, 0.25) is 0 Å². The standard InChI is InChI=1S/C26H26N2O5S/c1-19-12-14-22(15-13-19)27(2)34(31,32)23-10-5-8-21(17-23)26(30)33-18-25(29)28-16-6-9-20-7-3-4-11-24(20)28/h3-5,7-8,10-15,17H,6,9,16,18H2,1-2H3. The number of aryl methyl sites for hydroxylation is 2. The molecule has 1 heterocycles. The minimum atomic E-state index is -3.89. The molecule has 0 bridgehead atoms. The maximum atomic E-state index is 13.1. The molecule has 0 spiro atoms. The van der Waals surface area contributed by atoms with Crippen molar-refractivity contribution in [1.82, 2.24) is 0 Å². The summed E-state index contributed by atoms with van der Waals surface area (Å²) in [7, 11) is -2.43. The molecule has 1 aliphatic heterocycles. The molecule has 0 atom stereocenters. The fourth-order valence-corrected chi connectivity index (χ4v) is 5.16. The van der Waals surface area contributed by atoms with Crippen LogP contribution in [0.25, 0.3) is 0 Å². The molecule has 0 radical (unpaired) electrons. The Balaban J connectivity index is 1.46. The van der Waals surface area contributed by atoms with Crippen LogP contribution in [-0.4, -0.2) is 40.5 Å². The lowest BCUT2D eigenvalue weighted by atomic mass is 10.0. The number of ether oxygens (including phenoxy) is 1. The fourth-order valence-electron chi connectivity index (χ4n) is 3.92. The van der Waals surface area contributed by atoms with Crippen molar-refractivity contribution in [2.24, 2.45) is 0 Å². The number of para-hydroxylation sites is 1. The van der Waals surface area contributed by atoms with Crippen LogP contribution in [0, 0.1) is 6.92 Å². The second-order valence-electron chi connectivity index (χ2n) is 8.19. The number of amides is 1. The predicted octanol–water partition coefficient (Wildman–Crippen LogP) is 3.96. The number of hydrogen-bond acceptors (Lipinski definition) is 5. The summed E-state index contributed by atoms with van der Waals surface area (Å²) in [6.07, 6.45) is 1.74. The molecule has 0 aromatic heterocycles. The van der Waals surface area contributed by atoms with Gasteiger partial charge in [0.15, 0.2) is 6.61 Å². The summed E-state index contributed by atoms with van der Waals surface area (Å²) in [5, 5.41) is 0. The SMILES string of the molecule is Cc1ccc(N(C)S(=O)(=O)c2cccc(C(=O)OCC(=O)N3CCCc4ccccc43)c2)cc1. The molecule has 34 heavy (non-hydrogen) atoms. The summed E-state index contributed by atoms with van der Waals surface area (Å²) in [6, 6.07) is 20.4. The molecule has 8 heteroatoms. The first-order valence-corrected chi connectivity index (χ1v) is 12.4. The summed E-state index contributed by atoms with van der Waals surface area (Å²) in [4.78, 5) is 27.0. The van der Waals surface area contributed by atoms with Crippen molar-refractivity contribution in [3.8, 4) is 0 Å². The van der Waals surface area contributed by atoms with Crippen molar-refractivity contribution >= 4 is 33.3 Å². The lowest BCUT2D eigenvalue weighted by Crippen LogP contribution is -2.38. The molecule has 4 rings (SSSR count). The van der Waals surface area contributed by atoms with Gasteiger partial charge in [-0.2, -0.15) is 0 Å². The van der Waals surface area contributed by atoms with Crippen LogP contribution >= 0.6 is 0 Å². The molecule has 0 aliphatic carbocycles. The zero-order chi connectivity index (χ0) is 24.3. The van der Waals surface area contributed by atoms with Crippen LogP contribution in [0.2, 0.25) is 0 Å². The smallest absolute Gasteiger partial charge is 0.338 e. The molecule has 1 amide bonds. The van der Waals surface area contributed by atoms with Crippen molar-refractivity contribution < 1.29 is 22.7 Å². The van der Waals surface area contributed by atoms with E-state index in [-0.39, 0.29) is 16.4 Å². The molecular formula is C26H26N2O5S. The lowest BCUT2D eigenvalue weighted by molar-refractivity contribution is -0.121. The first kappa shape index (κ1) is 23.5. The Kier molecular flexibility index (Phi) is 6.70. The van der Waals surface area contributed by atoms with E-state index in [4.69, 9.17) is 4.74 Å². The Hall–Kier alpha value is -3.65. The van der Waals surface area contributed by atoms with Crippen molar-refractivity contribution in [3.63, 3.8) is 0 Å². The highest BCUT2D eigenvalue weighted by Crippen LogP contribution is 2.27. The molecule has 3 aromatic rings. The van der Waals surface area contributed by atoms with E-state index < -0.39 is 22.6 Å². The van der Waals surface area contributed by atoms with Gasteiger partial charge in [-0.25, -0.2) is 13.2 Å². The summed E-state index contributed by atoms with van der Waals surface area (Å²) in [5.41, 5.74) is 3.50. The van der Waals surface area contributed by atoms with Crippen LogP contribution in [0.4, 0.5) is 11.4 Å². The van der Waals surface area contributed by atoms with Gasteiger partial charge in [-0.1, -0.05) is 42.0 Å². The first-order valence-electron chi connectivity index (χ1n) is 11.0. The van der Waals surface area contributed by atoms with Gasteiger partial charge in [0.1, 0.15) is 0 Å². The average molecular weight is 479 g/mol. The van der Waals surface area contributed by atoms with Crippen LogP contribution in [0.5, 0.6) is 0 Å². The number of carbonyl (C=O) groups is 2. The number of hydrogen-bond donors (Lipinski definition) is 0. The van der Waals surface area contributed by atoms with Crippen molar-refractivity contribution in [2.75, 3.05) is 29.4 Å². The topological polar surface area (TPSA) is 84.0 Å². The van der Waals surface area contributed by atoms with Gasteiger partial charge >= 0.3 is 5.97 Å². The second kappa shape index (κ2) is 9.69. The second-order valence-corrected chi connectivity index (χ2v) is 10.2. The number of benzene rings is 3. The molecule has 0 N–H and O–H groups in total. The zero-order valence-corrected chi connectivity index (χ0v) is 19.9. The normalized spacial score (nSPS) is 13.2. The number of esters is 1. The summed E-state index contributed by atoms with van der Waals surface area (Å²) in [6.45, 7) is 2.06. The van der Waals surface area contributed by atoms with E-state index in [1.54, 1.807) is 17.0 Å². The van der Waals surface area contributed by atoms with Crippen molar-refractivity contribution in [2.45, 2.75) is 24.7 Å². The third kappa shape index (κ3) is 4.82. The fraction of sp³-hybridized carbons (Fsp3) is 0.231. The van der Waals surface area contributed by atoms with Gasteiger partial charge in [-0.15, -0.1) is 0 Å². The molecule has 0 unspecified atom stereocenters. The van der Waals surface area contributed by atoms with Gasteiger partial charge in [0.25, 0.3) is 15.9 Å². The maximum absolute atomic E-state index is 13.1. The van der Waals surface area contributed by atoms with Gasteiger partial charge in [0, 0.05) is 19.3 Å². The minimum Gasteiger partial charge on any atom is -0.452 e. The molecule has 3 aromatic carbocycles. The number of fused-ring (bicyclic) bond motifs is 1. The highest BCUT2D eigenvalue weighted by atomic mass is 32.2. The van der Waals surface area contributed by atoms with E-state index in [9.17, 15) is 18.0 Å². The number of nitrogens with zero attached hydrogens (tertiary/aromatic N) is 2. The average Bonchev–Trinajstić information content (AvgIpc) is 2.86. The highest BCUT2D eigenvalue weighted by molar-refractivity contribution is 7.92. The Morgan fingerprint density at radius 2 is 1.74 bits per heavy atom. The summed E-state index contributed by atoms with van der Waals surface area (Å²) in [5.74, 6) is -1.07. The predicted molar refractivity (Wildman–Crippen MR) is 131 cm³/mol. The Morgan fingerprint density at radius 1 is 1.00 bits per heavy atom. The number of rotatable bonds is 6. The number of anilines is 2. The number of sulfonamides is 1. The van der Waals surface area contributed by atoms with Crippen LogP contribution in [0.3, 0.4) is 0 Å². The monoisotopic (exact) mass is 478 g/mol. The highest BCUT2D eigenvalue weighted by Gasteiger charge is 2.25. The lowest BCUT2D eigenvalue weighted by Gasteiger charge is -2.29. The minimum absolute atomic E-state index is 0.0405. The molecule has 7 nitrogen and oxygen atoms in total. The van der Waals surface area contributed by atoms with Crippen LogP contribution in [0.1, 0.15) is 27.9 Å². The maximum Gasteiger partial charge on any atom is 0.338 e. The Labute approximate surface area is 199 Å². The van der Waals surface area contributed by atoms with Crippen LogP contribution in [-0.2, 0) is 26.0 Å². The largest absolute Gasteiger partial charge is 0.452 e. The third-order valence-corrected chi connectivity index (χ3v) is 7.65. The van der Waals surface area contributed by atoms with E-state index in [2.05, 4.69) is 0 Å². The van der Waals surface area contributed by atoms with Crippen LogP contribution in [0.15, 0.2) is 77.7 Å². The molecule has 0 saturated heterocycles. The Morgan fingerprint density at radius 3 is 2.50 bits per heavy atom. The molecule has 0 fully saturated rings. The van der Waals surface area contributed by atoms with Gasteiger partial charge in [-0.3, -0.25) is 9.10 Å². The molecule has 0 saturated carbocycles. The van der Waals surface area contributed by atoms with Crippen molar-refractivity contribution in [3.05, 3.63) is 89.5 Å². The van der Waals surface area contributed by atoms with E-state index in [0.29, 0.717) is 12.2 Å². The van der Waals surface area contributed by atoms with E-state index >= 15 is 0 Å². The van der Waals surface area contributed by atoms with Crippen molar-refractivity contribution in [1.29, 1.82) is 0 Å². The Bertz CT molecular complexity index is 1320.